The quantitative estimate of drug-likeness (QED) is 0.582. The molecule has 0 aliphatic rings. The molecule has 4 heteroatoms. The summed E-state index contributed by atoms with van der Waals surface area (Å²) in [5, 5.41) is 0. The van der Waals surface area contributed by atoms with E-state index in [1.165, 1.54) is 12.8 Å². The topological polar surface area (TPSA) is 36.9 Å². The van der Waals surface area contributed by atoms with Crippen LogP contribution in [0.2, 0.25) is 0 Å². The van der Waals surface area contributed by atoms with Gasteiger partial charge in [0.05, 0.1) is 0 Å². The van der Waals surface area contributed by atoms with Crippen LogP contribution >= 0.6 is 0 Å². The molecule has 0 rings (SSSR count). The molecular formula is C16H38O4. The van der Waals surface area contributed by atoms with Gasteiger partial charge in [-0.25, -0.2) is 0 Å². The molecule has 126 valence electrons. The highest BCUT2D eigenvalue weighted by molar-refractivity contribution is 4.27. The van der Waals surface area contributed by atoms with Gasteiger partial charge < -0.3 is 18.9 Å². The maximum Gasteiger partial charge on any atom is 0.154 e. The molecule has 4 nitrogen and oxygen atoms in total. The summed E-state index contributed by atoms with van der Waals surface area (Å²) in [6.07, 6.45) is 2.56. The third-order valence-corrected chi connectivity index (χ3v) is 2.11. The van der Waals surface area contributed by atoms with Gasteiger partial charge >= 0.3 is 0 Å². The molecule has 0 aromatic rings. The standard InChI is InChI=1S/2C6H14O2.C4H10/c2*1-4-7-6(3)8-5-2;1-3-4-2/h2*6H,4-5H2,1-3H3;3-4H2,1-2H3. The van der Waals surface area contributed by atoms with E-state index >= 15 is 0 Å². The molecule has 0 aromatic heterocycles. The van der Waals surface area contributed by atoms with Crippen LogP contribution in [0.4, 0.5) is 0 Å². The van der Waals surface area contributed by atoms with Crippen LogP contribution in [0.3, 0.4) is 0 Å². The highest BCUT2D eigenvalue weighted by atomic mass is 16.7. The Kier molecular flexibility index (Phi) is 29.7. The van der Waals surface area contributed by atoms with Gasteiger partial charge in [0.1, 0.15) is 0 Å². The zero-order chi connectivity index (χ0) is 16.2. The lowest BCUT2D eigenvalue weighted by Gasteiger charge is -2.09. The highest BCUT2D eigenvalue weighted by Gasteiger charge is 1.95. The second kappa shape index (κ2) is 23.9. The molecule has 0 radical (unpaired) electrons. The number of hydrogen-bond acceptors (Lipinski definition) is 4. The Labute approximate surface area is 127 Å². The van der Waals surface area contributed by atoms with E-state index in [1.807, 2.05) is 41.5 Å². The van der Waals surface area contributed by atoms with Crippen LogP contribution in [-0.4, -0.2) is 39.0 Å². The van der Waals surface area contributed by atoms with E-state index in [0.717, 1.165) is 26.4 Å². The number of ether oxygens (including phenoxy) is 4. The zero-order valence-electron chi connectivity index (χ0n) is 15.0. The molecular weight excluding hydrogens is 256 g/mol. The van der Waals surface area contributed by atoms with Gasteiger partial charge in [-0.05, 0) is 41.5 Å². The second-order valence-corrected chi connectivity index (χ2v) is 3.96. The van der Waals surface area contributed by atoms with Crippen molar-refractivity contribution in [1.29, 1.82) is 0 Å². The molecule has 0 N–H and O–H groups in total. The normalized spacial score (nSPS) is 9.90. The minimum Gasteiger partial charge on any atom is -0.353 e. The second-order valence-electron chi connectivity index (χ2n) is 3.96. The number of hydrogen-bond donors (Lipinski definition) is 0. The van der Waals surface area contributed by atoms with Crippen molar-refractivity contribution < 1.29 is 18.9 Å². The minimum atomic E-state index is -0.0370. The van der Waals surface area contributed by atoms with Crippen LogP contribution in [0.5, 0.6) is 0 Å². The first kappa shape index (κ1) is 24.8. The van der Waals surface area contributed by atoms with Crippen LogP contribution in [0, 0.1) is 0 Å². The molecule has 0 aliphatic carbocycles. The van der Waals surface area contributed by atoms with Gasteiger partial charge in [-0.15, -0.1) is 0 Å². The van der Waals surface area contributed by atoms with Crippen molar-refractivity contribution in [2.45, 2.75) is 80.8 Å². The van der Waals surface area contributed by atoms with E-state index in [1.54, 1.807) is 0 Å². The van der Waals surface area contributed by atoms with Crippen LogP contribution in [0.15, 0.2) is 0 Å². The molecule has 20 heavy (non-hydrogen) atoms. The fourth-order valence-corrected chi connectivity index (χ4v) is 1.04. The molecule has 0 unspecified atom stereocenters. The Balaban J connectivity index is -0.000000230. The zero-order valence-corrected chi connectivity index (χ0v) is 15.0. The summed E-state index contributed by atoms with van der Waals surface area (Å²) >= 11 is 0. The van der Waals surface area contributed by atoms with Gasteiger partial charge in [0.15, 0.2) is 12.6 Å². The molecule has 0 spiro atoms. The van der Waals surface area contributed by atoms with Crippen LogP contribution in [0.25, 0.3) is 0 Å². The van der Waals surface area contributed by atoms with Crippen LogP contribution in [0.1, 0.15) is 68.2 Å². The molecule has 0 aliphatic heterocycles. The summed E-state index contributed by atoms with van der Waals surface area (Å²) in [4.78, 5) is 0. The molecule has 0 heterocycles. The van der Waals surface area contributed by atoms with E-state index in [0.29, 0.717) is 0 Å². The molecule has 0 amide bonds. The predicted molar refractivity (Wildman–Crippen MR) is 86.0 cm³/mol. The van der Waals surface area contributed by atoms with Crippen molar-refractivity contribution in [2.75, 3.05) is 26.4 Å². The average molecular weight is 294 g/mol. The summed E-state index contributed by atoms with van der Waals surface area (Å²) in [6, 6.07) is 0. The van der Waals surface area contributed by atoms with E-state index in [-0.39, 0.29) is 12.6 Å². The fourth-order valence-electron chi connectivity index (χ4n) is 1.04. The Bertz CT molecular complexity index is 114. The minimum absolute atomic E-state index is 0.0370. The lowest BCUT2D eigenvalue weighted by atomic mass is 10.4. The monoisotopic (exact) mass is 294 g/mol. The van der Waals surface area contributed by atoms with Gasteiger partial charge in [0.25, 0.3) is 0 Å². The third kappa shape index (κ3) is 30.7. The van der Waals surface area contributed by atoms with Crippen molar-refractivity contribution in [3.05, 3.63) is 0 Å². The Morgan fingerprint density at radius 2 is 0.700 bits per heavy atom. The van der Waals surface area contributed by atoms with Crippen molar-refractivity contribution in [3.8, 4) is 0 Å². The third-order valence-electron chi connectivity index (χ3n) is 2.11. The maximum absolute atomic E-state index is 5.06. The smallest absolute Gasteiger partial charge is 0.154 e. The van der Waals surface area contributed by atoms with Gasteiger partial charge in [0.2, 0.25) is 0 Å². The molecule has 0 saturated carbocycles. The summed E-state index contributed by atoms with van der Waals surface area (Å²) in [5.74, 6) is 0. The predicted octanol–water partition coefficient (Wildman–Crippen LogP) is 4.62. The molecule has 0 fully saturated rings. The molecule has 0 atom stereocenters. The maximum atomic E-state index is 5.06. The van der Waals surface area contributed by atoms with Gasteiger partial charge in [-0.1, -0.05) is 26.7 Å². The first-order valence-corrected chi connectivity index (χ1v) is 7.99. The largest absolute Gasteiger partial charge is 0.353 e. The van der Waals surface area contributed by atoms with Crippen molar-refractivity contribution in [3.63, 3.8) is 0 Å². The van der Waals surface area contributed by atoms with E-state index < -0.39 is 0 Å². The Morgan fingerprint density at radius 3 is 0.800 bits per heavy atom. The van der Waals surface area contributed by atoms with Crippen LogP contribution in [-0.2, 0) is 18.9 Å². The number of unbranched alkanes of at least 4 members (excludes halogenated alkanes) is 1. The van der Waals surface area contributed by atoms with Gasteiger partial charge in [-0.3, -0.25) is 0 Å². The average Bonchev–Trinajstić information content (AvgIpc) is 2.41. The lowest BCUT2D eigenvalue weighted by Crippen LogP contribution is -2.11. The highest BCUT2D eigenvalue weighted by Crippen LogP contribution is 1.91. The summed E-state index contributed by atoms with van der Waals surface area (Å²) in [7, 11) is 0. The lowest BCUT2D eigenvalue weighted by molar-refractivity contribution is -0.123. The summed E-state index contributed by atoms with van der Waals surface area (Å²) < 4.78 is 20.2. The van der Waals surface area contributed by atoms with E-state index in [9.17, 15) is 0 Å². The first-order chi connectivity index (χ1) is 9.53. The van der Waals surface area contributed by atoms with Crippen LogP contribution < -0.4 is 0 Å². The molecule has 0 bridgehead atoms. The Morgan fingerprint density at radius 1 is 0.500 bits per heavy atom. The summed E-state index contributed by atoms with van der Waals surface area (Å²) in [5.41, 5.74) is 0. The van der Waals surface area contributed by atoms with Crippen molar-refractivity contribution in [1.82, 2.24) is 0 Å². The summed E-state index contributed by atoms with van der Waals surface area (Å²) in [6.45, 7) is 18.9. The fraction of sp³-hybridized carbons (Fsp3) is 1.00. The van der Waals surface area contributed by atoms with Gasteiger partial charge in [0, 0.05) is 26.4 Å². The van der Waals surface area contributed by atoms with E-state index in [2.05, 4.69) is 13.8 Å². The van der Waals surface area contributed by atoms with Crippen molar-refractivity contribution in [2.24, 2.45) is 0 Å². The first-order valence-electron chi connectivity index (χ1n) is 7.99. The van der Waals surface area contributed by atoms with Crippen molar-refractivity contribution >= 4 is 0 Å². The Hall–Kier alpha value is -0.160. The van der Waals surface area contributed by atoms with Gasteiger partial charge in [-0.2, -0.15) is 0 Å². The molecule has 0 aromatic carbocycles. The SMILES string of the molecule is CCCC.CCOC(C)OCC.CCOC(C)OCC. The van der Waals surface area contributed by atoms with E-state index in [4.69, 9.17) is 18.9 Å². The number of rotatable bonds is 9. The molecule has 0 saturated heterocycles.